The van der Waals surface area contributed by atoms with Crippen molar-refractivity contribution in [1.82, 2.24) is 9.88 Å². The fraction of sp³-hybridized carbons (Fsp3) is 0.467. The van der Waals surface area contributed by atoms with Crippen molar-refractivity contribution in [2.75, 3.05) is 13.1 Å². The fourth-order valence-corrected chi connectivity index (χ4v) is 2.85. The molecule has 2 heterocycles. The fourth-order valence-electron chi connectivity index (χ4n) is 2.85. The largest absolute Gasteiger partial charge is 0.359 e. The van der Waals surface area contributed by atoms with E-state index in [1.165, 1.54) is 22.2 Å². The Morgan fingerprint density at radius 2 is 2.11 bits per heavy atom. The Balaban J connectivity index is 1.82. The smallest absolute Gasteiger partial charge is 0.0459 e. The van der Waals surface area contributed by atoms with Gasteiger partial charge in [0.2, 0.25) is 0 Å². The number of nitrogens with two attached hydrogens (primary N) is 1. The van der Waals surface area contributed by atoms with Crippen molar-refractivity contribution in [2.24, 2.45) is 5.73 Å². The van der Waals surface area contributed by atoms with Gasteiger partial charge in [0, 0.05) is 29.2 Å². The lowest BCUT2D eigenvalue weighted by Gasteiger charge is -2.30. The van der Waals surface area contributed by atoms with E-state index in [0.717, 1.165) is 32.5 Å². The zero-order chi connectivity index (χ0) is 12.5. The highest BCUT2D eigenvalue weighted by molar-refractivity contribution is 5.83. The van der Waals surface area contributed by atoms with Crippen LogP contribution in [0.5, 0.6) is 0 Å². The third-order valence-corrected chi connectivity index (χ3v) is 3.92. The Morgan fingerprint density at radius 3 is 2.89 bits per heavy atom. The monoisotopic (exact) mass is 243 g/mol. The predicted octanol–water partition coefficient (Wildman–Crippen LogP) is 2.40. The second-order valence-corrected chi connectivity index (χ2v) is 5.44. The van der Waals surface area contributed by atoms with Crippen LogP contribution in [0.2, 0.25) is 0 Å². The standard InChI is InChI=1S/C15H21N3/c1-11-9-14-12(3-2-4-15(14)17-11)10-18-7-5-13(16)6-8-18/h2-4,9,13,17H,5-8,10,16H2,1H3. The van der Waals surface area contributed by atoms with E-state index < -0.39 is 0 Å². The van der Waals surface area contributed by atoms with Crippen molar-refractivity contribution >= 4 is 10.9 Å². The summed E-state index contributed by atoms with van der Waals surface area (Å²) >= 11 is 0. The number of likely N-dealkylation sites (tertiary alicyclic amines) is 1. The Labute approximate surface area is 108 Å². The summed E-state index contributed by atoms with van der Waals surface area (Å²) < 4.78 is 0. The summed E-state index contributed by atoms with van der Waals surface area (Å²) in [4.78, 5) is 5.92. The van der Waals surface area contributed by atoms with Gasteiger partial charge in [-0.2, -0.15) is 0 Å². The minimum atomic E-state index is 0.409. The zero-order valence-corrected chi connectivity index (χ0v) is 10.9. The minimum absolute atomic E-state index is 0.409. The van der Waals surface area contributed by atoms with Crippen LogP contribution in [0.4, 0.5) is 0 Å². The number of benzene rings is 1. The molecule has 0 saturated carbocycles. The van der Waals surface area contributed by atoms with Crippen LogP contribution in [0.1, 0.15) is 24.1 Å². The molecule has 1 aliphatic heterocycles. The molecule has 0 amide bonds. The van der Waals surface area contributed by atoms with Gasteiger partial charge < -0.3 is 10.7 Å². The lowest BCUT2D eigenvalue weighted by Crippen LogP contribution is -2.39. The molecular formula is C15H21N3. The summed E-state index contributed by atoms with van der Waals surface area (Å²) in [5.41, 5.74) is 9.86. The molecule has 3 rings (SSSR count). The number of rotatable bonds is 2. The Kier molecular flexibility index (Phi) is 3.10. The number of nitrogens with one attached hydrogen (secondary N) is 1. The van der Waals surface area contributed by atoms with Crippen LogP contribution in [0.25, 0.3) is 10.9 Å². The maximum absolute atomic E-state index is 5.95. The normalized spacial score (nSPS) is 18.6. The molecule has 2 aromatic rings. The average Bonchev–Trinajstić information content (AvgIpc) is 2.73. The molecule has 96 valence electrons. The van der Waals surface area contributed by atoms with Gasteiger partial charge in [-0.25, -0.2) is 0 Å². The highest BCUT2D eigenvalue weighted by Gasteiger charge is 2.16. The van der Waals surface area contributed by atoms with Crippen molar-refractivity contribution in [3.05, 3.63) is 35.5 Å². The molecule has 3 heteroatoms. The average molecular weight is 243 g/mol. The summed E-state index contributed by atoms with van der Waals surface area (Å²) in [5, 5.41) is 1.37. The molecule has 0 atom stereocenters. The molecule has 0 spiro atoms. The number of hydrogen-bond acceptors (Lipinski definition) is 2. The predicted molar refractivity (Wildman–Crippen MR) is 75.5 cm³/mol. The van der Waals surface area contributed by atoms with Gasteiger partial charge >= 0.3 is 0 Å². The van der Waals surface area contributed by atoms with E-state index in [0.29, 0.717) is 6.04 Å². The van der Waals surface area contributed by atoms with Crippen LogP contribution >= 0.6 is 0 Å². The molecule has 0 unspecified atom stereocenters. The van der Waals surface area contributed by atoms with E-state index in [4.69, 9.17) is 5.73 Å². The number of aromatic amines is 1. The summed E-state index contributed by atoms with van der Waals surface area (Å²) in [6.07, 6.45) is 2.25. The highest BCUT2D eigenvalue weighted by Crippen LogP contribution is 2.22. The van der Waals surface area contributed by atoms with Crippen molar-refractivity contribution < 1.29 is 0 Å². The third-order valence-electron chi connectivity index (χ3n) is 3.92. The first-order chi connectivity index (χ1) is 8.72. The molecule has 1 aromatic heterocycles. The van der Waals surface area contributed by atoms with E-state index in [-0.39, 0.29) is 0 Å². The molecule has 1 saturated heterocycles. The SMILES string of the molecule is Cc1cc2c(CN3CCC(N)CC3)cccc2[nH]1. The van der Waals surface area contributed by atoms with Crippen molar-refractivity contribution in [3.63, 3.8) is 0 Å². The van der Waals surface area contributed by atoms with Gasteiger partial charge in [-0.1, -0.05) is 12.1 Å². The first-order valence-corrected chi connectivity index (χ1v) is 6.77. The van der Waals surface area contributed by atoms with Gasteiger partial charge in [0.05, 0.1) is 0 Å². The van der Waals surface area contributed by atoms with Gasteiger partial charge in [0.1, 0.15) is 0 Å². The van der Waals surface area contributed by atoms with Crippen molar-refractivity contribution in [3.8, 4) is 0 Å². The molecule has 0 aliphatic carbocycles. The first-order valence-electron chi connectivity index (χ1n) is 6.77. The highest BCUT2D eigenvalue weighted by atomic mass is 15.1. The van der Waals surface area contributed by atoms with Gasteiger partial charge in [0.25, 0.3) is 0 Å². The number of piperidine rings is 1. The van der Waals surface area contributed by atoms with Crippen LogP contribution in [0, 0.1) is 6.92 Å². The van der Waals surface area contributed by atoms with Crippen molar-refractivity contribution in [2.45, 2.75) is 32.4 Å². The minimum Gasteiger partial charge on any atom is -0.359 e. The molecule has 18 heavy (non-hydrogen) atoms. The number of hydrogen-bond donors (Lipinski definition) is 2. The van der Waals surface area contributed by atoms with Crippen LogP contribution in [-0.2, 0) is 6.54 Å². The van der Waals surface area contributed by atoms with Gasteiger partial charge in [-0.15, -0.1) is 0 Å². The summed E-state index contributed by atoms with van der Waals surface area (Å²) in [7, 11) is 0. The van der Waals surface area contributed by atoms with Crippen LogP contribution in [0.3, 0.4) is 0 Å². The van der Waals surface area contributed by atoms with E-state index in [1.807, 2.05) is 0 Å². The van der Waals surface area contributed by atoms with E-state index in [2.05, 4.69) is 41.1 Å². The second kappa shape index (κ2) is 4.75. The zero-order valence-electron chi connectivity index (χ0n) is 10.9. The van der Waals surface area contributed by atoms with Crippen molar-refractivity contribution in [1.29, 1.82) is 0 Å². The quantitative estimate of drug-likeness (QED) is 0.850. The summed E-state index contributed by atoms with van der Waals surface area (Å²) in [6, 6.07) is 9.19. The van der Waals surface area contributed by atoms with Crippen LogP contribution in [0.15, 0.2) is 24.3 Å². The summed E-state index contributed by atoms with van der Waals surface area (Å²) in [6.45, 7) is 5.41. The lowest BCUT2D eigenvalue weighted by atomic mass is 10.0. The molecule has 3 N–H and O–H groups in total. The molecular weight excluding hydrogens is 222 g/mol. The maximum atomic E-state index is 5.95. The van der Waals surface area contributed by atoms with Gasteiger partial charge in [-0.3, -0.25) is 4.90 Å². The summed E-state index contributed by atoms with van der Waals surface area (Å²) in [5.74, 6) is 0. The Hall–Kier alpha value is -1.32. The molecule has 1 aromatic carbocycles. The second-order valence-electron chi connectivity index (χ2n) is 5.44. The van der Waals surface area contributed by atoms with E-state index in [1.54, 1.807) is 0 Å². The number of aromatic nitrogens is 1. The lowest BCUT2D eigenvalue weighted by molar-refractivity contribution is 0.206. The van der Waals surface area contributed by atoms with Crippen LogP contribution in [-0.4, -0.2) is 29.0 Å². The van der Waals surface area contributed by atoms with Crippen LogP contribution < -0.4 is 5.73 Å². The number of fused-ring (bicyclic) bond motifs is 1. The molecule has 1 fully saturated rings. The maximum Gasteiger partial charge on any atom is 0.0459 e. The Bertz CT molecular complexity index is 536. The number of aryl methyl sites for hydroxylation is 1. The molecule has 0 bridgehead atoms. The molecule has 0 radical (unpaired) electrons. The third kappa shape index (κ3) is 2.28. The molecule has 1 aliphatic rings. The first kappa shape index (κ1) is 11.8. The van der Waals surface area contributed by atoms with E-state index in [9.17, 15) is 0 Å². The number of nitrogens with zero attached hydrogens (tertiary/aromatic N) is 1. The number of H-pyrrole nitrogens is 1. The van der Waals surface area contributed by atoms with Gasteiger partial charge in [0.15, 0.2) is 0 Å². The Morgan fingerprint density at radius 1 is 1.33 bits per heavy atom. The van der Waals surface area contributed by atoms with E-state index >= 15 is 0 Å². The topological polar surface area (TPSA) is 45.0 Å². The molecule has 3 nitrogen and oxygen atoms in total. The van der Waals surface area contributed by atoms with Gasteiger partial charge in [-0.05, 0) is 50.6 Å².